The summed E-state index contributed by atoms with van der Waals surface area (Å²) in [6.07, 6.45) is 2.14. The standard InChI is InChI=1S/C12H14NS2/c1-13-11(8-15-9-12(13)14-2)10-6-4-3-5-7-10/h3-8H,9H2,1-2H3/q+1. The van der Waals surface area contributed by atoms with Gasteiger partial charge >= 0.3 is 0 Å². The van der Waals surface area contributed by atoms with Gasteiger partial charge in [-0.15, -0.1) is 11.8 Å². The molecule has 2 rings (SSSR count). The molecule has 0 aliphatic carbocycles. The smallest absolute Gasteiger partial charge is 0.191 e. The van der Waals surface area contributed by atoms with Gasteiger partial charge in [0.2, 0.25) is 10.7 Å². The molecule has 1 aliphatic rings. The molecule has 1 heterocycles. The Bertz CT molecular complexity index is 407. The second-order valence-corrected chi connectivity index (χ2v) is 5.07. The van der Waals surface area contributed by atoms with Crippen molar-refractivity contribution >= 4 is 34.3 Å². The molecule has 0 unspecified atom stereocenters. The van der Waals surface area contributed by atoms with E-state index < -0.39 is 0 Å². The van der Waals surface area contributed by atoms with Gasteiger partial charge in [0, 0.05) is 11.0 Å². The fourth-order valence-electron chi connectivity index (χ4n) is 1.57. The van der Waals surface area contributed by atoms with Crippen molar-refractivity contribution in [3.63, 3.8) is 0 Å². The Morgan fingerprint density at radius 3 is 2.67 bits per heavy atom. The first-order valence-electron chi connectivity index (χ1n) is 4.83. The van der Waals surface area contributed by atoms with Gasteiger partial charge in [0.1, 0.15) is 7.05 Å². The minimum atomic E-state index is 1.09. The summed E-state index contributed by atoms with van der Waals surface area (Å²) in [5.41, 5.74) is 2.59. The lowest BCUT2D eigenvalue weighted by Gasteiger charge is -2.11. The lowest BCUT2D eigenvalue weighted by Crippen LogP contribution is -2.18. The van der Waals surface area contributed by atoms with Crippen LogP contribution >= 0.6 is 23.5 Å². The van der Waals surface area contributed by atoms with Crippen molar-refractivity contribution < 1.29 is 4.58 Å². The molecule has 0 fully saturated rings. The lowest BCUT2D eigenvalue weighted by atomic mass is 10.2. The summed E-state index contributed by atoms with van der Waals surface area (Å²) in [7, 11) is 2.14. The first kappa shape index (κ1) is 10.8. The highest BCUT2D eigenvalue weighted by Gasteiger charge is 2.21. The minimum absolute atomic E-state index is 1.09. The maximum Gasteiger partial charge on any atom is 0.226 e. The molecule has 78 valence electrons. The van der Waals surface area contributed by atoms with Crippen LogP contribution in [-0.2, 0) is 0 Å². The maximum absolute atomic E-state index is 2.29. The molecule has 0 bridgehead atoms. The predicted molar refractivity (Wildman–Crippen MR) is 71.6 cm³/mol. The Labute approximate surface area is 99.3 Å². The predicted octanol–water partition coefficient (Wildman–Crippen LogP) is 3.14. The third-order valence-corrected chi connectivity index (χ3v) is 4.34. The van der Waals surface area contributed by atoms with Crippen LogP contribution in [0.2, 0.25) is 0 Å². The summed E-state index contributed by atoms with van der Waals surface area (Å²) in [6.45, 7) is 0. The second-order valence-electron chi connectivity index (χ2n) is 3.34. The van der Waals surface area contributed by atoms with Gasteiger partial charge in [0.15, 0.2) is 0 Å². The lowest BCUT2D eigenvalue weighted by molar-refractivity contribution is -0.392. The highest BCUT2D eigenvalue weighted by molar-refractivity contribution is 8.15. The van der Waals surface area contributed by atoms with Crippen molar-refractivity contribution in [3.05, 3.63) is 41.3 Å². The Morgan fingerprint density at radius 1 is 1.27 bits per heavy atom. The van der Waals surface area contributed by atoms with Gasteiger partial charge in [-0.2, -0.15) is 4.58 Å². The Kier molecular flexibility index (Phi) is 3.54. The van der Waals surface area contributed by atoms with Gasteiger partial charge < -0.3 is 0 Å². The molecule has 15 heavy (non-hydrogen) atoms. The maximum atomic E-state index is 2.29. The zero-order valence-electron chi connectivity index (χ0n) is 8.93. The van der Waals surface area contributed by atoms with E-state index in [0.717, 1.165) is 5.75 Å². The van der Waals surface area contributed by atoms with Gasteiger partial charge in [0.05, 0.1) is 5.75 Å². The molecule has 0 saturated carbocycles. The van der Waals surface area contributed by atoms with E-state index in [1.807, 2.05) is 23.5 Å². The molecule has 0 saturated heterocycles. The van der Waals surface area contributed by atoms with Crippen LogP contribution < -0.4 is 0 Å². The number of rotatable bonds is 1. The molecule has 3 heteroatoms. The first-order chi connectivity index (χ1) is 7.33. The SMILES string of the molecule is CSC1=[N+](C)C(c2ccccc2)=CSC1. The monoisotopic (exact) mass is 236 g/mol. The van der Waals surface area contributed by atoms with Gasteiger partial charge in [-0.05, 0) is 18.4 Å². The zero-order chi connectivity index (χ0) is 10.7. The zero-order valence-corrected chi connectivity index (χ0v) is 10.6. The van der Waals surface area contributed by atoms with E-state index in [4.69, 9.17) is 0 Å². The molecule has 0 atom stereocenters. The van der Waals surface area contributed by atoms with Crippen LogP contribution in [0.4, 0.5) is 0 Å². The van der Waals surface area contributed by atoms with Crippen molar-refractivity contribution in [2.24, 2.45) is 0 Å². The first-order valence-corrected chi connectivity index (χ1v) is 7.11. The van der Waals surface area contributed by atoms with Crippen LogP contribution in [-0.4, -0.2) is 28.7 Å². The molecule has 0 radical (unpaired) electrons. The van der Waals surface area contributed by atoms with Gasteiger partial charge in [-0.1, -0.05) is 30.0 Å². The summed E-state index contributed by atoms with van der Waals surface area (Å²) >= 11 is 3.71. The topological polar surface area (TPSA) is 3.01 Å². The third kappa shape index (κ3) is 2.29. The van der Waals surface area contributed by atoms with E-state index >= 15 is 0 Å². The summed E-state index contributed by atoms with van der Waals surface area (Å²) in [5.74, 6) is 1.09. The van der Waals surface area contributed by atoms with Crippen LogP contribution in [0.25, 0.3) is 5.70 Å². The second kappa shape index (κ2) is 4.90. The fraction of sp³-hybridized carbons (Fsp3) is 0.250. The van der Waals surface area contributed by atoms with E-state index in [2.05, 4.69) is 53.6 Å². The molecular weight excluding hydrogens is 222 g/mol. The van der Waals surface area contributed by atoms with E-state index in [9.17, 15) is 0 Å². The molecule has 0 spiro atoms. The number of hydrogen-bond acceptors (Lipinski definition) is 2. The summed E-state index contributed by atoms with van der Waals surface area (Å²) in [5, 5.41) is 3.66. The summed E-state index contributed by atoms with van der Waals surface area (Å²) in [6, 6.07) is 10.5. The molecule has 0 N–H and O–H groups in total. The van der Waals surface area contributed by atoms with Gasteiger partial charge in [0.25, 0.3) is 0 Å². The molecule has 0 aromatic heterocycles. The van der Waals surface area contributed by atoms with Crippen molar-refractivity contribution in [3.8, 4) is 0 Å². The van der Waals surface area contributed by atoms with Gasteiger partial charge in [-0.25, -0.2) is 0 Å². The summed E-state index contributed by atoms with van der Waals surface area (Å²) in [4.78, 5) is 0. The van der Waals surface area contributed by atoms with Crippen LogP contribution in [0, 0.1) is 0 Å². The van der Waals surface area contributed by atoms with Crippen LogP contribution in [0.3, 0.4) is 0 Å². The quantitative estimate of drug-likeness (QED) is 0.689. The highest BCUT2D eigenvalue weighted by atomic mass is 32.2. The number of nitrogens with zero attached hydrogens (tertiary/aromatic N) is 1. The molecule has 0 amide bonds. The van der Waals surface area contributed by atoms with E-state index in [1.165, 1.54) is 16.3 Å². The molecule has 1 nitrogen and oxygen atoms in total. The number of hydrogen-bond donors (Lipinski definition) is 0. The van der Waals surface area contributed by atoms with E-state index in [-0.39, 0.29) is 0 Å². The molecule has 1 aromatic rings. The molecular formula is C12H14NS2+. The van der Waals surface area contributed by atoms with E-state index in [1.54, 1.807) is 0 Å². The summed E-state index contributed by atoms with van der Waals surface area (Å²) < 4.78 is 2.29. The van der Waals surface area contributed by atoms with Crippen molar-refractivity contribution in [1.82, 2.24) is 0 Å². The van der Waals surface area contributed by atoms with Crippen molar-refractivity contribution in [1.29, 1.82) is 0 Å². The van der Waals surface area contributed by atoms with Crippen molar-refractivity contribution in [2.75, 3.05) is 19.1 Å². The normalized spacial score (nSPS) is 16.5. The van der Waals surface area contributed by atoms with E-state index in [0.29, 0.717) is 0 Å². The minimum Gasteiger partial charge on any atom is -0.191 e. The van der Waals surface area contributed by atoms with Crippen LogP contribution in [0.1, 0.15) is 5.56 Å². The Morgan fingerprint density at radius 2 is 2.00 bits per heavy atom. The average molecular weight is 236 g/mol. The van der Waals surface area contributed by atoms with Crippen molar-refractivity contribution in [2.45, 2.75) is 0 Å². The molecule has 1 aliphatic heterocycles. The van der Waals surface area contributed by atoms with Crippen LogP contribution in [0.5, 0.6) is 0 Å². The van der Waals surface area contributed by atoms with Gasteiger partial charge in [-0.3, -0.25) is 0 Å². The van der Waals surface area contributed by atoms with Crippen LogP contribution in [0.15, 0.2) is 35.7 Å². The third-order valence-electron chi connectivity index (χ3n) is 2.44. The largest absolute Gasteiger partial charge is 0.226 e. The highest BCUT2D eigenvalue weighted by Crippen LogP contribution is 2.25. The Hall–Kier alpha value is -0.670. The fourth-order valence-corrected chi connectivity index (χ4v) is 3.49. The molecule has 1 aromatic carbocycles. The average Bonchev–Trinajstić information content (AvgIpc) is 2.30. The number of benzene rings is 1. The number of thioether (sulfide) groups is 2. The Balaban J connectivity index is 2.39.